The molecule has 0 radical (unpaired) electrons. The third-order valence-corrected chi connectivity index (χ3v) is 6.77. The molecule has 5 rings (SSSR count). The van der Waals surface area contributed by atoms with E-state index in [1.54, 1.807) is 25.7 Å². The minimum absolute atomic E-state index is 0.0450. The van der Waals surface area contributed by atoms with Crippen LogP contribution in [0, 0.1) is 12.7 Å². The second kappa shape index (κ2) is 9.40. The van der Waals surface area contributed by atoms with Crippen molar-refractivity contribution in [1.29, 1.82) is 0 Å². The van der Waals surface area contributed by atoms with Crippen molar-refractivity contribution < 1.29 is 18.0 Å². The highest BCUT2D eigenvalue weighted by Gasteiger charge is 2.26. The van der Waals surface area contributed by atoms with Crippen molar-refractivity contribution >= 4 is 17.3 Å². The minimum atomic E-state index is -2.91. The number of anilines is 1. The lowest BCUT2D eigenvalue weighted by molar-refractivity contribution is -0.128. The van der Waals surface area contributed by atoms with Gasteiger partial charge in [-0.3, -0.25) is 9.79 Å². The smallest absolute Gasteiger partial charge is 0.266 e. The number of nitrogens with zero attached hydrogens (tertiary/aromatic N) is 5. The molecule has 0 aromatic heterocycles. The molecule has 0 fully saturated rings. The van der Waals surface area contributed by atoms with Gasteiger partial charge in [0.2, 0.25) is 5.91 Å². The summed E-state index contributed by atoms with van der Waals surface area (Å²) >= 11 is 0. The zero-order valence-electron chi connectivity index (χ0n) is 20.4. The van der Waals surface area contributed by atoms with Crippen LogP contribution < -0.4 is 10.8 Å². The number of hydrogen-bond acceptors (Lipinski definition) is 5. The van der Waals surface area contributed by atoms with Crippen LogP contribution in [-0.4, -0.2) is 45.0 Å². The van der Waals surface area contributed by atoms with Crippen LogP contribution in [0.5, 0.6) is 0 Å². The Hall–Kier alpha value is -3.69. The highest BCUT2D eigenvalue weighted by Crippen LogP contribution is 2.36. The SMILES string of the molecule is CC(=O)N1CC=C(c2cc3c(=NC(C)c4cccc(C(F)F)c4F)nc(C)nc-3n3c2NCC3)CC1. The molecule has 1 amide bonds. The van der Waals surface area contributed by atoms with E-state index in [0.717, 1.165) is 29.6 Å². The molecule has 1 unspecified atom stereocenters. The van der Waals surface area contributed by atoms with E-state index in [-0.39, 0.29) is 11.5 Å². The fourth-order valence-corrected chi connectivity index (χ4v) is 4.90. The number of hydrogen-bond donors (Lipinski definition) is 1. The molecule has 7 nitrogen and oxygen atoms in total. The van der Waals surface area contributed by atoms with E-state index in [1.807, 2.05) is 6.07 Å². The molecule has 0 aliphatic carbocycles. The number of fused-ring (bicyclic) bond motifs is 3. The maximum Gasteiger partial charge on any atom is 0.266 e. The molecule has 0 spiro atoms. The summed E-state index contributed by atoms with van der Waals surface area (Å²) in [6.45, 7) is 7.64. The van der Waals surface area contributed by atoms with Gasteiger partial charge < -0.3 is 14.8 Å². The van der Waals surface area contributed by atoms with Crippen LogP contribution in [0.1, 0.15) is 55.3 Å². The first-order valence-corrected chi connectivity index (χ1v) is 12.0. The third-order valence-electron chi connectivity index (χ3n) is 6.77. The molecule has 1 atom stereocenters. The van der Waals surface area contributed by atoms with Gasteiger partial charge in [-0.25, -0.2) is 23.1 Å². The second-order valence-electron chi connectivity index (χ2n) is 9.12. The number of nitrogens with one attached hydrogen (secondary N) is 1. The number of benzene rings is 1. The van der Waals surface area contributed by atoms with Gasteiger partial charge in [0.1, 0.15) is 23.3 Å². The molecule has 4 heterocycles. The Morgan fingerprint density at radius 1 is 1.17 bits per heavy atom. The molecule has 0 bridgehead atoms. The number of aromatic nitrogens is 3. The van der Waals surface area contributed by atoms with Crippen LogP contribution in [0.3, 0.4) is 0 Å². The van der Waals surface area contributed by atoms with Crippen molar-refractivity contribution in [2.24, 2.45) is 4.99 Å². The largest absolute Gasteiger partial charge is 0.369 e. The zero-order chi connectivity index (χ0) is 25.6. The number of rotatable bonds is 4. The van der Waals surface area contributed by atoms with E-state index in [2.05, 4.69) is 30.9 Å². The summed E-state index contributed by atoms with van der Waals surface area (Å²) in [7, 11) is 0. The summed E-state index contributed by atoms with van der Waals surface area (Å²) in [5.74, 6) is 1.28. The van der Waals surface area contributed by atoms with Crippen LogP contribution in [0.2, 0.25) is 0 Å². The first-order chi connectivity index (χ1) is 17.2. The van der Waals surface area contributed by atoms with Crippen molar-refractivity contribution in [3.63, 3.8) is 0 Å². The van der Waals surface area contributed by atoms with E-state index in [0.29, 0.717) is 48.8 Å². The Kier molecular flexibility index (Phi) is 6.27. The zero-order valence-corrected chi connectivity index (χ0v) is 20.4. The standard InChI is InChI=1S/C26H27F3N6O/c1-14(18-5-4-6-19(22(18)27)23(28)29)31-24-21-13-20(17-7-10-34(11-8-17)16(3)36)25-30-9-12-35(25)26(21)33-15(2)32-24/h4-7,13-14,23,30H,8-12H2,1-3H3. The maximum absolute atomic E-state index is 14.8. The molecule has 1 aromatic rings. The van der Waals surface area contributed by atoms with E-state index < -0.39 is 23.8 Å². The molecule has 0 saturated heterocycles. The highest BCUT2D eigenvalue weighted by atomic mass is 19.3. The summed E-state index contributed by atoms with van der Waals surface area (Å²) in [5.41, 5.74) is 2.65. The Morgan fingerprint density at radius 2 is 1.94 bits per heavy atom. The average Bonchev–Trinajstić information content (AvgIpc) is 3.34. The van der Waals surface area contributed by atoms with Crippen molar-refractivity contribution in [3.05, 3.63) is 64.2 Å². The van der Waals surface area contributed by atoms with Crippen molar-refractivity contribution in [2.45, 2.75) is 46.2 Å². The number of carbonyl (C=O) groups is 1. The van der Waals surface area contributed by atoms with Crippen molar-refractivity contribution in [2.75, 3.05) is 25.0 Å². The molecule has 1 N–H and O–H groups in total. The first-order valence-electron chi connectivity index (χ1n) is 12.0. The van der Waals surface area contributed by atoms with Gasteiger partial charge in [0.25, 0.3) is 6.43 Å². The molecule has 36 heavy (non-hydrogen) atoms. The van der Waals surface area contributed by atoms with Crippen LogP contribution in [-0.2, 0) is 11.3 Å². The van der Waals surface area contributed by atoms with Gasteiger partial charge in [-0.1, -0.05) is 24.3 Å². The Balaban J connectivity index is 1.65. The Morgan fingerprint density at radius 3 is 2.64 bits per heavy atom. The van der Waals surface area contributed by atoms with E-state index in [1.165, 1.54) is 12.1 Å². The minimum Gasteiger partial charge on any atom is -0.369 e. The van der Waals surface area contributed by atoms with Crippen LogP contribution in [0.4, 0.5) is 19.0 Å². The summed E-state index contributed by atoms with van der Waals surface area (Å²) in [6.07, 6.45) is -0.135. The lowest BCUT2D eigenvalue weighted by atomic mass is 9.97. The van der Waals surface area contributed by atoms with E-state index >= 15 is 0 Å². The van der Waals surface area contributed by atoms with Gasteiger partial charge in [-0.2, -0.15) is 0 Å². The lowest BCUT2D eigenvalue weighted by Crippen LogP contribution is -2.32. The molecular weight excluding hydrogens is 469 g/mol. The normalized spacial score (nSPS) is 16.8. The van der Waals surface area contributed by atoms with Crippen LogP contribution >= 0.6 is 0 Å². The lowest BCUT2D eigenvalue weighted by Gasteiger charge is -2.27. The Labute approximate surface area is 206 Å². The number of halogens is 3. The second-order valence-corrected chi connectivity index (χ2v) is 9.12. The molecule has 4 aliphatic rings. The summed E-state index contributed by atoms with van der Waals surface area (Å²) in [6, 6.07) is 5.23. The average molecular weight is 497 g/mol. The predicted molar refractivity (Wildman–Crippen MR) is 130 cm³/mol. The summed E-state index contributed by atoms with van der Waals surface area (Å²) < 4.78 is 43.4. The van der Waals surface area contributed by atoms with Gasteiger partial charge in [0.05, 0.1) is 17.2 Å². The number of aryl methyl sites for hydroxylation is 1. The van der Waals surface area contributed by atoms with E-state index in [4.69, 9.17) is 0 Å². The molecular formula is C26H27F3N6O. The van der Waals surface area contributed by atoms with Gasteiger partial charge in [0.15, 0.2) is 5.49 Å². The number of amides is 1. The summed E-state index contributed by atoms with van der Waals surface area (Å²) in [4.78, 5) is 27.5. The quantitative estimate of drug-likeness (QED) is 0.578. The maximum atomic E-state index is 14.8. The first kappa shape index (κ1) is 24.0. The van der Waals surface area contributed by atoms with E-state index in [9.17, 15) is 18.0 Å². The van der Waals surface area contributed by atoms with Gasteiger partial charge >= 0.3 is 0 Å². The number of alkyl halides is 2. The van der Waals surface area contributed by atoms with Crippen molar-refractivity contribution in [1.82, 2.24) is 19.4 Å². The molecule has 0 saturated carbocycles. The fraction of sp³-hybridized carbons (Fsp3) is 0.385. The predicted octanol–water partition coefficient (Wildman–Crippen LogP) is 4.49. The van der Waals surface area contributed by atoms with Crippen LogP contribution in [0.25, 0.3) is 17.0 Å². The van der Waals surface area contributed by atoms with Gasteiger partial charge in [-0.15, -0.1) is 0 Å². The van der Waals surface area contributed by atoms with Gasteiger partial charge in [-0.05, 0) is 31.9 Å². The molecule has 4 aliphatic heterocycles. The fourth-order valence-electron chi connectivity index (χ4n) is 4.90. The Bertz CT molecular complexity index is 1410. The summed E-state index contributed by atoms with van der Waals surface area (Å²) in [5, 5.41) is 3.45. The van der Waals surface area contributed by atoms with Crippen molar-refractivity contribution in [3.8, 4) is 11.4 Å². The van der Waals surface area contributed by atoms with Crippen LogP contribution in [0.15, 0.2) is 35.3 Å². The topological polar surface area (TPSA) is 75.4 Å². The number of pyridine rings is 1. The number of carbonyl (C=O) groups excluding carboxylic acids is 1. The third kappa shape index (κ3) is 4.25. The molecule has 10 heteroatoms. The highest BCUT2D eigenvalue weighted by molar-refractivity contribution is 5.82. The molecule has 1 aromatic carbocycles. The monoisotopic (exact) mass is 496 g/mol. The molecule has 188 valence electrons. The van der Waals surface area contributed by atoms with Gasteiger partial charge in [0, 0.05) is 44.2 Å².